The number of hydrogen-bond donors (Lipinski definition) is 2. The molecule has 5 heteroatoms. The van der Waals surface area contributed by atoms with E-state index in [9.17, 15) is 5.11 Å². The molecule has 0 spiro atoms. The largest absolute Gasteiger partial charge is 0.506 e. The molecule has 0 bridgehead atoms. The summed E-state index contributed by atoms with van der Waals surface area (Å²) in [4.78, 5) is 0. The van der Waals surface area contributed by atoms with Crippen molar-refractivity contribution in [1.82, 2.24) is 0 Å². The summed E-state index contributed by atoms with van der Waals surface area (Å²) in [6, 6.07) is 5.39. The van der Waals surface area contributed by atoms with Gasteiger partial charge >= 0.3 is 7.12 Å². The molecule has 1 fully saturated rings. The second-order valence-electron chi connectivity index (χ2n) is 5.61. The molecule has 18 heavy (non-hydrogen) atoms. The first-order chi connectivity index (χ1) is 8.27. The third-order valence-electron chi connectivity index (χ3n) is 3.82. The Kier molecular flexibility index (Phi) is 3.07. The predicted molar refractivity (Wildman–Crippen MR) is 73.4 cm³/mol. The van der Waals surface area contributed by atoms with E-state index in [1.807, 2.05) is 39.8 Å². The number of anilines is 1. The van der Waals surface area contributed by atoms with E-state index in [1.165, 1.54) is 0 Å². The van der Waals surface area contributed by atoms with E-state index in [2.05, 4.69) is 5.32 Å². The fourth-order valence-electron chi connectivity index (χ4n) is 1.89. The lowest BCUT2D eigenvalue weighted by molar-refractivity contribution is 0.00578. The van der Waals surface area contributed by atoms with Gasteiger partial charge in [-0.1, -0.05) is 6.07 Å². The van der Waals surface area contributed by atoms with Crippen LogP contribution in [0.3, 0.4) is 0 Å². The fourth-order valence-corrected chi connectivity index (χ4v) is 1.89. The summed E-state index contributed by atoms with van der Waals surface area (Å²) in [5, 5.41) is 12.8. The number of hydrogen-bond acceptors (Lipinski definition) is 4. The average Bonchev–Trinajstić information content (AvgIpc) is 2.48. The van der Waals surface area contributed by atoms with Crippen LogP contribution in [0.25, 0.3) is 0 Å². The molecule has 1 heterocycles. The highest BCUT2D eigenvalue weighted by atomic mass is 16.7. The van der Waals surface area contributed by atoms with Gasteiger partial charge in [0.05, 0.1) is 16.9 Å². The summed E-state index contributed by atoms with van der Waals surface area (Å²) >= 11 is 0. The number of aromatic hydroxyl groups is 1. The molecule has 0 aliphatic carbocycles. The van der Waals surface area contributed by atoms with Gasteiger partial charge in [0.25, 0.3) is 0 Å². The maximum atomic E-state index is 9.84. The first-order valence-corrected chi connectivity index (χ1v) is 6.13. The van der Waals surface area contributed by atoms with Crippen molar-refractivity contribution in [2.24, 2.45) is 0 Å². The third-order valence-corrected chi connectivity index (χ3v) is 3.82. The Labute approximate surface area is 108 Å². The Bertz CT molecular complexity index is 444. The van der Waals surface area contributed by atoms with Crippen LogP contribution in [0.5, 0.6) is 5.75 Å². The maximum Gasteiger partial charge on any atom is 0.494 e. The van der Waals surface area contributed by atoms with Gasteiger partial charge in [-0.25, -0.2) is 0 Å². The first-order valence-electron chi connectivity index (χ1n) is 6.13. The van der Waals surface area contributed by atoms with Crippen molar-refractivity contribution in [3.05, 3.63) is 18.2 Å². The highest BCUT2D eigenvalue weighted by molar-refractivity contribution is 6.62. The van der Waals surface area contributed by atoms with Crippen LogP contribution in [0.1, 0.15) is 27.7 Å². The number of phenols is 1. The summed E-state index contributed by atoms with van der Waals surface area (Å²) in [6.45, 7) is 8.04. The van der Waals surface area contributed by atoms with E-state index < -0.39 is 7.12 Å². The minimum atomic E-state index is -0.438. The molecule has 1 aliphatic rings. The highest BCUT2D eigenvalue weighted by Crippen LogP contribution is 2.36. The number of phenolic OH excluding ortho intramolecular Hbond substituents is 1. The zero-order valence-corrected chi connectivity index (χ0v) is 11.6. The second-order valence-corrected chi connectivity index (χ2v) is 5.61. The van der Waals surface area contributed by atoms with Gasteiger partial charge in [0.1, 0.15) is 5.75 Å². The third kappa shape index (κ3) is 2.08. The van der Waals surface area contributed by atoms with Crippen LogP contribution < -0.4 is 10.8 Å². The molecule has 2 N–H and O–H groups in total. The van der Waals surface area contributed by atoms with Crippen LogP contribution in [0.15, 0.2) is 18.2 Å². The number of nitrogens with one attached hydrogen (secondary N) is 1. The minimum absolute atomic E-state index is 0.199. The Morgan fingerprint density at radius 2 is 1.67 bits per heavy atom. The zero-order valence-electron chi connectivity index (χ0n) is 11.6. The van der Waals surface area contributed by atoms with Gasteiger partial charge in [-0.3, -0.25) is 0 Å². The van der Waals surface area contributed by atoms with Crippen molar-refractivity contribution in [2.75, 3.05) is 12.4 Å². The Morgan fingerprint density at radius 3 is 2.11 bits per heavy atom. The molecule has 0 atom stereocenters. The Balaban J connectivity index is 2.27. The van der Waals surface area contributed by atoms with Gasteiger partial charge in [0, 0.05) is 7.05 Å². The standard InChI is InChI=1S/C13H20BNO3/c1-12(2)13(3,4)18-14(17-12)9-6-7-10(15-5)11(16)8-9/h6-8,15-16H,1-5H3. The summed E-state index contributed by atoms with van der Waals surface area (Å²) in [5.74, 6) is 0.199. The summed E-state index contributed by atoms with van der Waals surface area (Å²) in [7, 11) is 1.33. The van der Waals surface area contributed by atoms with Crippen molar-refractivity contribution >= 4 is 18.3 Å². The molecular weight excluding hydrogens is 229 g/mol. The van der Waals surface area contributed by atoms with Gasteiger partial charge in [-0.15, -0.1) is 0 Å². The molecule has 0 saturated carbocycles. The normalized spacial score (nSPS) is 21.1. The lowest BCUT2D eigenvalue weighted by atomic mass is 9.79. The highest BCUT2D eigenvalue weighted by Gasteiger charge is 2.51. The first kappa shape index (κ1) is 13.2. The molecule has 98 valence electrons. The molecule has 2 rings (SSSR count). The van der Waals surface area contributed by atoms with E-state index in [0.717, 1.165) is 5.46 Å². The molecule has 0 aromatic heterocycles. The lowest BCUT2D eigenvalue weighted by Crippen LogP contribution is -2.41. The van der Waals surface area contributed by atoms with Gasteiger partial charge in [-0.2, -0.15) is 0 Å². The molecule has 1 aromatic rings. The van der Waals surface area contributed by atoms with E-state index in [4.69, 9.17) is 9.31 Å². The molecular formula is C13H20BNO3. The van der Waals surface area contributed by atoms with Gasteiger partial charge in [0.2, 0.25) is 0 Å². The summed E-state index contributed by atoms with van der Waals surface area (Å²) in [6.07, 6.45) is 0. The summed E-state index contributed by atoms with van der Waals surface area (Å²) < 4.78 is 11.8. The van der Waals surface area contributed by atoms with E-state index >= 15 is 0 Å². The van der Waals surface area contributed by atoms with Crippen LogP contribution in [0.4, 0.5) is 5.69 Å². The topological polar surface area (TPSA) is 50.7 Å². The number of benzene rings is 1. The van der Waals surface area contributed by atoms with Gasteiger partial charge in [0.15, 0.2) is 0 Å². The molecule has 0 amide bonds. The van der Waals surface area contributed by atoms with Gasteiger partial charge in [-0.05, 0) is 45.3 Å². The van der Waals surface area contributed by atoms with Crippen molar-refractivity contribution in [3.8, 4) is 5.75 Å². The molecule has 0 unspecified atom stereocenters. The second kappa shape index (κ2) is 4.18. The predicted octanol–water partition coefficient (Wildman–Crippen LogP) is 1.73. The molecule has 1 aromatic carbocycles. The lowest BCUT2D eigenvalue weighted by Gasteiger charge is -2.32. The number of rotatable bonds is 2. The van der Waals surface area contributed by atoms with Crippen molar-refractivity contribution in [2.45, 2.75) is 38.9 Å². The Hall–Kier alpha value is -1.20. The minimum Gasteiger partial charge on any atom is -0.506 e. The monoisotopic (exact) mass is 249 g/mol. The van der Waals surface area contributed by atoms with Gasteiger partial charge < -0.3 is 19.7 Å². The quantitative estimate of drug-likeness (QED) is 0.619. The van der Waals surface area contributed by atoms with Crippen LogP contribution in [0.2, 0.25) is 0 Å². The zero-order chi connectivity index (χ0) is 13.6. The average molecular weight is 249 g/mol. The van der Waals surface area contributed by atoms with Crippen LogP contribution in [-0.2, 0) is 9.31 Å². The molecule has 0 radical (unpaired) electrons. The fraction of sp³-hybridized carbons (Fsp3) is 0.538. The molecule has 1 saturated heterocycles. The maximum absolute atomic E-state index is 9.84. The van der Waals surface area contributed by atoms with Crippen LogP contribution in [0, 0.1) is 0 Å². The smallest absolute Gasteiger partial charge is 0.494 e. The summed E-state index contributed by atoms with van der Waals surface area (Å²) in [5.41, 5.74) is 0.782. The van der Waals surface area contributed by atoms with E-state index in [-0.39, 0.29) is 17.0 Å². The van der Waals surface area contributed by atoms with Crippen LogP contribution in [-0.4, -0.2) is 30.5 Å². The van der Waals surface area contributed by atoms with Crippen molar-refractivity contribution in [1.29, 1.82) is 0 Å². The van der Waals surface area contributed by atoms with Crippen molar-refractivity contribution < 1.29 is 14.4 Å². The molecule has 1 aliphatic heterocycles. The Morgan fingerprint density at radius 1 is 1.11 bits per heavy atom. The van der Waals surface area contributed by atoms with E-state index in [0.29, 0.717) is 5.69 Å². The van der Waals surface area contributed by atoms with E-state index in [1.54, 1.807) is 13.1 Å². The molecule has 4 nitrogen and oxygen atoms in total. The SMILES string of the molecule is CNc1ccc(B2OC(C)(C)C(C)(C)O2)cc1O. The van der Waals surface area contributed by atoms with Crippen molar-refractivity contribution in [3.63, 3.8) is 0 Å². The van der Waals surface area contributed by atoms with Crippen LogP contribution >= 0.6 is 0 Å².